The average molecular weight is 767 g/mol. The summed E-state index contributed by atoms with van der Waals surface area (Å²) in [5, 5.41) is 11.0. The van der Waals surface area contributed by atoms with Crippen LogP contribution in [0.25, 0.3) is 0 Å². The van der Waals surface area contributed by atoms with Crippen molar-refractivity contribution >= 4 is 16.8 Å². The van der Waals surface area contributed by atoms with Gasteiger partial charge in [-0.3, -0.25) is 4.21 Å². The Labute approximate surface area is 308 Å². The zero-order valence-electron chi connectivity index (χ0n) is 30.9. The van der Waals surface area contributed by atoms with Crippen LogP contribution >= 0.6 is 0 Å². The van der Waals surface area contributed by atoms with Crippen molar-refractivity contribution < 1.29 is 55.0 Å². The molecule has 0 amide bonds. The lowest BCUT2D eigenvalue weighted by atomic mass is 9.52. The standard InChI is InChI=1S/C39H59F5O7S/c1-37-18-16-32-31-13-12-30(51-35(46)27-50-22-21-49-20-19-48-2)26-29(31)25-28(36(32)33(37)14-15-34(37)45)11-8-6-4-3-5-7-9-23-52(47)24-10-17-38(40,41)39(42,43)44/h12-13,26,28,32-34,36,45H,3-11,14-25,27H2,1-2H3. The molecule has 0 aliphatic heterocycles. The third-order valence-electron chi connectivity index (χ3n) is 11.8. The van der Waals surface area contributed by atoms with Crippen molar-refractivity contribution in [2.24, 2.45) is 23.2 Å². The van der Waals surface area contributed by atoms with E-state index in [1.165, 1.54) is 11.1 Å². The van der Waals surface area contributed by atoms with Gasteiger partial charge in [-0.1, -0.05) is 51.5 Å². The van der Waals surface area contributed by atoms with Gasteiger partial charge in [0.05, 0.1) is 32.5 Å². The maximum absolute atomic E-state index is 13.0. The Kier molecular flexibility index (Phi) is 16.8. The third kappa shape index (κ3) is 11.9. The fourth-order valence-electron chi connectivity index (χ4n) is 9.02. The highest BCUT2D eigenvalue weighted by atomic mass is 32.2. The minimum Gasteiger partial charge on any atom is -0.425 e. The Hall–Kier alpha value is -1.67. The maximum atomic E-state index is 13.0. The molecule has 7 unspecified atom stereocenters. The minimum absolute atomic E-state index is 0.0426. The molecule has 0 heterocycles. The first-order chi connectivity index (χ1) is 24.8. The number of alkyl halides is 5. The van der Waals surface area contributed by atoms with E-state index in [1.54, 1.807) is 7.11 Å². The average Bonchev–Trinajstić information content (AvgIpc) is 3.39. The molecule has 298 valence electrons. The molecule has 3 aliphatic carbocycles. The predicted molar refractivity (Wildman–Crippen MR) is 190 cm³/mol. The number of halogens is 5. The van der Waals surface area contributed by atoms with Crippen molar-refractivity contribution in [3.63, 3.8) is 0 Å². The highest BCUT2D eigenvalue weighted by Gasteiger charge is 2.57. The van der Waals surface area contributed by atoms with Crippen LogP contribution in [0.2, 0.25) is 0 Å². The van der Waals surface area contributed by atoms with Crippen LogP contribution in [-0.2, 0) is 36.2 Å². The van der Waals surface area contributed by atoms with Crippen LogP contribution in [0.4, 0.5) is 22.0 Å². The number of rotatable bonds is 23. The first-order valence-electron chi connectivity index (χ1n) is 19.2. The number of aliphatic hydroxyl groups is 1. The van der Waals surface area contributed by atoms with Gasteiger partial charge in [0, 0.05) is 35.8 Å². The van der Waals surface area contributed by atoms with Crippen molar-refractivity contribution in [3.05, 3.63) is 29.3 Å². The van der Waals surface area contributed by atoms with E-state index >= 15 is 0 Å². The monoisotopic (exact) mass is 766 g/mol. The summed E-state index contributed by atoms with van der Waals surface area (Å²) in [7, 11) is 0.221. The molecule has 1 aromatic carbocycles. The number of aliphatic hydroxyl groups excluding tert-OH is 1. The molecule has 52 heavy (non-hydrogen) atoms. The fraction of sp³-hybridized carbons (Fsp3) is 0.821. The van der Waals surface area contributed by atoms with Gasteiger partial charge in [-0.15, -0.1) is 0 Å². The molecular formula is C39H59F5O7S. The molecule has 4 rings (SSSR count). The summed E-state index contributed by atoms with van der Waals surface area (Å²) in [5.74, 6) is -2.55. The van der Waals surface area contributed by atoms with Crippen LogP contribution < -0.4 is 4.74 Å². The van der Waals surface area contributed by atoms with E-state index in [2.05, 4.69) is 13.0 Å². The molecule has 0 aromatic heterocycles. The van der Waals surface area contributed by atoms with Gasteiger partial charge in [0.25, 0.3) is 0 Å². The van der Waals surface area contributed by atoms with E-state index in [-0.39, 0.29) is 30.5 Å². The lowest BCUT2D eigenvalue weighted by Crippen LogP contribution is -2.47. The molecule has 0 bridgehead atoms. The first kappa shape index (κ1) is 43.1. The second-order valence-electron chi connectivity index (χ2n) is 15.3. The van der Waals surface area contributed by atoms with Crippen LogP contribution in [0.15, 0.2) is 18.2 Å². The number of unbranched alkanes of at least 4 members (excludes halogenated alkanes) is 6. The molecule has 0 radical (unpaired) electrons. The quantitative estimate of drug-likeness (QED) is 0.0517. The maximum Gasteiger partial charge on any atom is 0.453 e. The van der Waals surface area contributed by atoms with E-state index in [0.29, 0.717) is 61.4 Å². The van der Waals surface area contributed by atoms with E-state index in [9.17, 15) is 36.1 Å². The lowest BCUT2D eigenvalue weighted by Gasteiger charge is -2.53. The highest BCUT2D eigenvalue weighted by molar-refractivity contribution is 7.84. The van der Waals surface area contributed by atoms with Gasteiger partial charge in [-0.05, 0) is 104 Å². The molecule has 0 spiro atoms. The zero-order valence-corrected chi connectivity index (χ0v) is 31.7. The number of esters is 1. The predicted octanol–water partition coefficient (Wildman–Crippen LogP) is 8.56. The minimum atomic E-state index is -5.56. The number of carbonyl (C=O) groups is 1. The van der Waals surface area contributed by atoms with Crippen LogP contribution in [0.3, 0.4) is 0 Å². The number of fused-ring (bicyclic) bond motifs is 5. The Bertz CT molecular complexity index is 1280. The summed E-state index contributed by atoms with van der Waals surface area (Å²) in [4.78, 5) is 12.5. The second kappa shape index (κ2) is 20.3. The Balaban J connectivity index is 1.21. The Morgan fingerprint density at radius 2 is 1.58 bits per heavy atom. The van der Waals surface area contributed by atoms with Crippen molar-refractivity contribution in [3.8, 4) is 5.75 Å². The molecule has 13 heteroatoms. The van der Waals surface area contributed by atoms with Gasteiger partial charge < -0.3 is 24.1 Å². The summed E-state index contributed by atoms with van der Waals surface area (Å²) < 4.78 is 96.4. The van der Waals surface area contributed by atoms with E-state index in [1.807, 2.05) is 12.1 Å². The van der Waals surface area contributed by atoms with Gasteiger partial charge in [0.2, 0.25) is 0 Å². The molecule has 7 nitrogen and oxygen atoms in total. The Morgan fingerprint density at radius 1 is 0.904 bits per heavy atom. The van der Waals surface area contributed by atoms with Gasteiger partial charge >= 0.3 is 18.1 Å². The van der Waals surface area contributed by atoms with Crippen LogP contribution in [-0.4, -0.2) is 85.1 Å². The second-order valence-corrected chi connectivity index (χ2v) is 17.0. The third-order valence-corrected chi connectivity index (χ3v) is 13.3. The van der Waals surface area contributed by atoms with Crippen molar-refractivity contribution in [2.45, 2.75) is 127 Å². The highest BCUT2D eigenvalue weighted by Crippen LogP contribution is 2.62. The molecule has 3 aliphatic rings. The largest absolute Gasteiger partial charge is 0.453 e. The zero-order chi connectivity index (χ0) is 37.8. The molecular weight excluding hydrogens is 707 g/mol. The number of hydrogen-bond acceptors (Lipinski definition) is 7. The summed E-state index contributed by atoms with van der Waals surface area (Å²) in [6.07, 6.45) is 5.27. The molecule has 7 atom stereocenters. The summed E-state index contributed by atoms with van der Waals surface area (Å²) in [5.41, 5.74) is 2.56. The SMILES string of the molecule is COCCOCCOCC(=O)Oc1ccc2c(c1)CC(CCCCCCCCCS(=O)CCCC(F)(F)C(F)(F)F)C1C2CCC2(C)C(O)CCC12. The smallest absolute Gasteiger partial charge is 0.425 e. The topological polar surface area (TPSA) is 91.3 Å². The normalized spacial score (nSPS) is 26.4. The summed E-state index contributed by atoms with van der Waals surface area (Å²) in [6.45, 7) is 3.76. The summed E-state index contributed by atoms with van der Waals surface area (Å²) in [6, 6.07) is 6.08. The van der Waals surface area contributed by atoms with Crippen LogP contribution in [0, 0.1) is 23.2 Å². The number of carbonyl (C=O) groups excluding carboxylic acids is 1. The van der Waals surface area contributed by atoms with Crippen LogP contribution in [0.5, 0.6) is 5.75 Å². The van der Waals surface area contributed by atoms with E-state index in [4.69, 9.17) is 18.9 Å². The fourth-order valence-corrected chi connectivity index (χ4v) is 10.2. The van der Waals surface area contributed by atoms with Gasteiger partial charge in [-0.25, -0.2) is 4.79 Å². The van der Waals surface area contributed by atoms with E-state index in [0.717, 1.165) is 77.0 Å². The van der Waals surface area contributed by atoms with Crippen molar-refractivity contribution in [1.82, 2.24) is 0 Å². The van der Waals surface area contributed by atoms with Crippen molar-refractivity contribution in [2.75, 3.05) is 51.6 Å². The molecule has 2 saturated carbocycles. The molecule has 1 aromatic rings. The Morgan fingerprint density at radius 3 is 2.31 bits per heavy atom. The molecule has 1 N–H and O–H groups in total. The van der Waals surface area contributed by atoms with E-state index < -0.39 is 41.7 Å². The van der Waals surface area contributed by atoms with Crippen LogP contribution in [0.1, 0.15) is 114 Å². The van der Waals surface area contributed by atoms with Gasteiger partial charge in [0.1, 0.15) is 12.4 Å². The number of methoxy groups -OCH3 is 1. The summed E-state index contributed by atoms with van der Waals surface area (Å²) >= 11 is 0. The molecule has 2 fully saturated rings. The number of hydrogen-bond donors (Lipinski definition) is 1. The number of ether oxygens (including phenoxy) is 4. The van der Waals surface area contributed by atoms with Gasteiger partial charge in [0.15, 0.2) is 0 Å². The molecule has 0 saturated heterocycles. The van der Waals surface area contributed by atoms with Crippen molar-refractivity contribution in [1.29, 1.82) is 0 Å². The first-order valence-corrected chi connectivity index (χ1v) is 20.7. The van der Waals surface area contributed by atoms with Gasteiger partial charge in [-0.2, -0.15) is 22.0 Å². The lowest BCUT2D eigenvalue weighted by molar-refractivity contribution is -0.284. The number of benzene rings is 1.